The summed E-state index contributed by atoms with van der Waals surface area (Å²) in [6.07, 6.45) is 3.61. The molecule has 28 heavy (non-hydrogen) atoms. The molecule has 6 nitrogen and oxygen atoms in total. The van der Waals surface area contributed by atoms with E-state index in [1.165, 1.54) is 21.9 Å². The number of amides is 1. The van der Waals surface area contributed by atoms with Crippen LogP contribution in [-0.4, -0.2) is 33.2 Å². The summed E-state index contributed by atoms with van der Waals surface area (Å²) in [5.41, 5.74) is 4.24. The van der Waals surface area contributed by atoms with Gasteiger partial charge in [0.05, 0.1) is 24.5 Å². The lowest BCUT2D eigenvalue weighted by molar-refractivity contribution is -0.128. The predicted octanol–water partition coefficient (Wildman–Crippen LogP) is 2.58. The lowest BCUT2D eigenvalue weighted by Crippen LogP contribution is -2.50. The van der Waals surface area contributed by atoms with E-state index in [4.69, 9.17) is 4.74 Å². The molecule has 0 bridgehead atoms. The standard InChI is InChI=1S/C21H24N2O4S/c1-14(16-11-10-15-6-5-7-17(15)12-16)22-21(24)20-13-23(28(2,25)26)18-8-3-4-9-19(18)27-20/h3-4,8-12,14,20H,5-7,13H2,1-2H3,(H,22,24). The first-order chi connectivity index (χ1) is 13.3. The first kappa shape index (κ1) is 18.8. The van der Waals surface area contributed by atoms with Gasteiger partial charge in [-0.3, -0.25) is 9.10 Å². The van der Waals surface area contributed by atoms with E-state index in [0.29, 0.717) is 11.4 Å². The van der Waals surface area contributed by atoms with Crippen LogP contribution in [0.4, 0.5) is 5.69 Å². The van der Waals surface area contributed by atoms with Gasteiger partial charge in [-0.1, -0.05) is 30.3 Å². The van der Waals surface area contributed by atoms with E-state index >= 15 is 0 Å². The Morgan fingerprint density at radius 1 is 1.18 bits per heavy atom. The third kappa shape index (κ3) is 3.58. The summed E-state index contributed by atoms with van der Waals surface area (Å²) >= 11 is 0. The van der Waals surface area contributed by atoms with Gasteiger partial charge < -0.3 is 10.1 Å². The monoisotopic (exact) mass is 400 g/mol. The van der Waals surface area contributed by atoms with Crippen LogP contribution in [0, 0.1) is 0 Å². The molecule has 1 aliphatic heterocycles. The average Bonchev–Trinajstić information content (AvgIpc) is 3.14. The number of carbonyl (C=O) groups is 1. The molecule has 148 valence electrons. The van der Waals surface area contributed by atoms with Crippen LogP contribution in [0.15, 0.2) is 42.5 Å². The molecule has 2 aliphatic rings. The quantitative estimate of drug-likeness (QED) is 0.856. The summed E-state index contributed by atoms with van der Waals surface area (Å²) in [7, 11) is -3.52. The SMILES string of the molecule is CC(NC(=O)C1CN(S(C)(=O)=O)c2ccccc2O1)c1ccc2c(c1)CCC2. The molecule has 1 amide bonds. The summed E-state index contributed by atoms with van der Waals surface area (Å²) in [4.78, 5) is 12.8. The number of fused-ring (bicyclic) bond motifs is 2. The molecule has 0 aromatic heterocycles. The lowest BCUT2D eigenvalue weighted by Gasteiger charge is -2.34. The minimum Gasteiger partial charge on any atom is -0.476 e. The molecular formula is C21H24N2O4S. The number of anilines is 1. The van der Waals surface area contributed by atoms with E-state index in [1.54, 1.807) is 24.3 Å². The van der Waals surface area contributed by atoms with E-state index in [9.17, 15) is 13.2 Å². The number of nitrogens with zero attached hydrogens (tertiary/aromatic N) is 1. The third-order valence-electron chi connectivity index (χ3n) is 5.41. The van der Waals surface area contributed by atoms with E-state index in [0.717, 1.165) is 24.7 Å². The Balaban J connectivity index is 1.52. The van der Waals surface area contributed by atoms with Crippen molar-refractivity contribution in [2.45, 2.75) is 38.3 Å². The summed E-state index contributed by atoms with van der Waals surface area (Å²) in [6.45, 7) is 1.89. The molecule has 2 aromatic carbocycles. The fourth-order valence-electron chi connectivity index (χ4n) is 3.90. The Morgan fingerprint density at radius 3 is 2.71 bits per heavy atom. The van der Waals surface area contributed by atoms with Gasteiger partial charge >= 0.3 is 0 Å². The lowest BCUT2D eigenvalue weighted by atomic mass is 10.0. The van der Waals surface area contributed by atoms with Gasteiger partial charge in [0.25, 0.3) is 5.91 Å². The highest BCUT2D eigenvalue weighted by molar-refractivity contribution is 7.92. The number of hydrogen-bond donors (Lipinski definition) is 1. The van der Waals surface area contributed by atoms with Crippen molar-refractivity contribution in [2.24, 2.45) is 0 Å². The molecule has 1 N–H and O–H groups in total. The number of sulfonamides is 1. The fraction of sp³-hybridized carbons (Fsp3) is 0.381. The number of nitrogens with one attached hydrogen (secondary N) is 1. The minimum atomic E-state index is -3.52. The highest BCUT2D eigenvalue weighted by atomic mass is 32.2. The first-order valence-electron chi connectivity index (χ1n) is 9.48. The summed E-state index contributed by atoms with van der Waals surface area (Å²) in [6, 6.07) is 13.0. The van der Waals surface area contributed by atoms with Crippen LogP contribution in [0.1, 0.15) is 36.1 Å². The van der Waals surface area contributed by atoms with Crippen molar-refractivity contribution >= 4 is 21.6 Å². The zero-order chi connectivity index (χ0) is 19.9. The van der Waals surface area contributed by atoms with Crippen LogP contribution >= 0.6 is 0 Å². The molecule has 0 fully saturated rings. The molecule has 7 heteroatoms. The summed E-state index contributed by atoms with van der Waals surface area (Å²) in [5.74, 6) is 0.0701. The number of para-hydroxylation sites is 2. The molecule has 4 rings (SSSR count). The van der Waals surface area contributed by atoms with Crippen LogP contribution in [-0.2, 0) is 27.7 Å². The smallest absolute Gasteiger partial charge is 0.263 e. The fourth-order valence-corrected chi connectivity index (χ4v) is 4.82. The van der Waals surface area contributed by atoms with Crippen molar-refractivity contribution in [3.05, 3.63) is 59.2 Å². The van der Waals surface area contributed by atoms with Crippen molar-refractivity contribution in [1.82, 2.24) is 5.32 Å². The second kappa shape index (κ2) is 7.13. The minimum absolute atomic E-state index is 0.0431. The number of aryl methyl sites for hydroxylation is 2. The number of ether oxygens (including phenoxy) is 1. The molecule has 0 saturated heterocycles. The second-order valence-corrected chi connectivity index (χ2v) is 9.39. The Morgan fingerprint density at radius 2 is 1.93 bits per heavy atom. The van der Waals surface area contributed by atoms with Gasteiger partial charge in [-0.25, -0.2) is 8.42 Å². The maximum Gasteiger partial charge on any atom is 0.263 e. The van der Waals surface area contributed by atoms with Gasteiger partial charge in [0.1, 0.15) is 5.75 Å². The molecular weight excluding hydrogens is 376 g/mol. The Kier molecular flexibility index (Phi) is 4.79. The molecule has 2 aromatic rings. The molecule has 0 saturated carbocycles. The van der Waals surface area contributed by atoms with Crippen LogP contribution in [0.2, 0.25) is 0 Å². The Hall–Kier alpha value is -2.54. The number of rotatable bonds is 4. The van der Waals surface area contributed by atoms with Crippen molar-refractivity contribution in [3.63, 3.8) is 0 Å². The summed E-state index contributed by atoms with van der Waals surface area (Å²) in [5, 5.41) is 2.97. The Bertz CT molecular complexity index is 1020. The number of carbonyl (C=O) groups excluding carboxylic acids is 1. The normalized spacial score (nSPS) is 19.4. The maximum atomic E-state index is 12.8. The van der Waals surface area contributed by atoms with Crippen molar-refractivity contribution < 1.29 is 17.9 Å². The average molecular weight is 401 g/mol. The zero-order valence-corrected chi connectivity index (χ0v) is 16.8. The van der Waals surface area contributed by atoms with Crippen LogP contribution in [0.25, 0.3) is 0 Å². The second-order valence-electron chi connectivity index (χ2n) is 7.48. The van der Waals surface area contributed by atoms with Gasteiger partial charge in [-0.05, 0) is 55.0 Å². The topological polar surface area (TPSA) is 75.7 Å². The molecule has 0 radical (unpaired) electrons. The summed E-state index contributed by atoms with van der Waals surface area (Å²) < 4.78 is 31.5. The van der Waals surface area contributed by atoms with Gasteiger partial charge in [0.15, 0.2) is 6.10 Å². The van der Waals surface area contributed by atoms with E-state index in [-0.39, 0.29) is 18.5 Å². The van der Waals surface area contributed by atoms with E-state index in [2.05, 4.69) is 23.5 Å². The van der Waals surface area contributed by atoms with Gasteiger partial charge in [-0.2, -0.15) is 0 Å². The van der Waals surface area contributed by atoms with E-state index < -0.39 is 16.1 Å². The van der Waals surface area contributed by atoms with Crippen molar-refractivity contribution in [1.29, 1.82) is 0 Å². The van der Waals surface area contributed by atoms with Gasteiger partial charge in [0, 0.05) is 0 Å². The molecule has 1 aliphatic carbocycles. The molecule has 1 heterocycles. The molecule has 0 spiro atoms. The van der Waals surface area contributed by atoms with Crippen molar-refractivity contribution in [3.8, 4) is 5.75 Å². The highest BCUT2D eigenvalue weighted by Crippen LogP contribution is 2.34. The van der Waals surface area contributed by atoms with E-state index in [1.807, 2.05) is 6.92 Å². The molecule has 2 unspecified atom stereocenters. The van der Waals surface area contributed by atoms with Gasteiger partial charge in [0.2, 0.25) is 10.0 Å². The van der Waals surface area contributed by atoms with Crippen LogP contribution in [0.3, 0.4) is 0 Å². The maximum absolute atomic E-state index is 12.8. The highest BCUT2D eigenvalue weighted by Gasteiger charge is 2.35. The largest absolute Gasteiger partial charge is 0.476 e. The number of benzene rings is 2. The number of hydrogen-bond acceptors (Lipinski definition) is 4. The van der Waals surface area contributed by atoms with Crippen LogP contribution < -0.4 is 14.4 Å². The third-order valence-corrected chi connectivity index (χ3v) is 6.56. The zero-order valence-electron chi connectivity index (χ0n) is 16.0. The molecule has 2 atom stereocenters. The van der Waals surface area contributed by atoms with Crippen molar-refractivity contribution in [2.75, 3.05) is 17.1 Å². The Labute approximate surface area is 165 Å². The van der Waals surface area contributed by atoms with Gasteiger partial charge in [-0.15, -0.1) is 0 Å². The predicted molar refractivity (Wildman–Crippen MR) is 108 cm³/mol. The van der Waals surface area contributed by atoms with Crippen LogP contribution in [0.5, 0.6) is 5.75 Å². The first-order valence-corrected chi connectivity index (χ1v) is 11.3.